The number of esters is 2. The first-order chi connectivity index (χ1) is 29.4. The van der Waals surface area contributed by atoms with Crippen molar-refractivity contribution in [2.24, 2.45) is 5.73 Å². The minimum atomic E-state index is -1.35. The Balaban J connectivity index is 5.17. The van der Waals surface area contributed by atoms with Gasteiger partial charge >= 0.3 is 17.9 Å². The first kappa shape index (κ1) is 57.7. The van der Waals surface area contributed by atoms with Crippen LogP contribution in [-0.4, -0.2) is 89.8 Å². The van der Waals surface area contributed by atoms with Crippen LogP contribution in [0.5, 0.6) is 0 Å². The van der Waals surface area contributed by atoms with Crippen LogP contribution in [0.25, 0.3) is 0 Å². The second-order valence-electron chi connectivity index (χ2n) is 16.9. The minimum Gasteiger partial charge on any atom is -0.481 e. The predicted octanol–water partition coefficient (Wildman–Crippen LogP) is 8.08. The van der Waals surface area contributed by atoms with Gasteiger partial charge in [0.2, 0.25) is 17.7 Å². The third-order valence-corrected chi connectivity index (χ3v) is 10.8. The molecule has 0 fully saturated rings. The second kappa shape index (κ2) is 40.8. The molecule has 14 nitrogen and oxygen atoms in total. The highest BCUT2D eigenvalue weighted by atomic mass is 16.5. The Kier molecular flexibility index (Phi) is 38.6. The molecule has 61 heavy (non-hydrogen) atoms. The molecule has 0 aliphatic rings. The van der Waals surface area contributed by atoms with E-state index >= 15 is 0 Å². The maximum Gasteiger partial charge on any atom is 0.306 e. The van der Waals surface area contributed by atoms with Gasteiger partial charge in [-0.15, -0.1) is 0 Å². The Morgan fingerprint density at radius 3 is 1.66 bits per heavy atom. The topological polar surface area (TPSA) is 223 Å². The fraction of sp³-hybridized carbons (Fsp3) is 0.872. The van der Waals surface area contributed by atoms with Gasteiger partial charge in [-0.1, -0.05) is 136 Å². The van der Waals surface area contributed by atoms with Gasteiger partial charge in [0.1, 0.15) is 18.8 Å². The SMILES string of the molecule is CCCCCCCCCCC[C@@H](O)CC(=O)N[C@H](CCCNC(=O)[C@@H](CC(=O)O)NC(=O)C[C@@H](CCCCC)OC(=O)CCCCCCCCC)COC(=O)CCCCCN. The van der Waals surface area contributed by atoms with Gasteiger partial charge in [0.15, 0.2) is 0 Å². The van der Waals surface area contributed by atoms with E-state index in [1.165, 1.54) is 57.8 Å². The van der Waals surface area contributed by atoms with Gasteiger partial charge in [-0.3, -0.25) is 28.8 Å². The van der Waals surface area contributed by atoms with E-state index in [-0.39, 0.29) is 50.7 Å². The van der Waals surface area contributed by atoms with Crippen molar-refractivity contribution < 1.29 is 48.5 Å². The van der Waals surface area contributed by atoms with E-state index in [4.69, 9.17) is 15.2 Å². The van der Waals surface area contributed by atoms with Crippen molar-refractivity contribution in [2.75, 3.05) is 19.7 Å². The Morgan fingerprint density at radius 1 is 0.557 bits per heavy atom. The average molecular weight is 869 g/mol. The van der Waals surface area contributed by atoms with Gasteiger partial charge < -0.3 is 41.4 Å². The third kappa shape index (κ3) is 37.1. The van der Waals surface area contributed by atoms with Crippen molar-refractivity contribution in [3.8, 4) is 0 Å². The molecular formula is C47H88N4O10. The summed E-state index contributed by atoms with van der Waals surface area (Å²) in [6.45, 7) is 6.99. The highest BCUT2D eigenvalue weighted by Crippen LogP contribution is 2.16. The van der Waals surface area contributed by atoms with Crippen LogP contribution >= 0.6 is 0 Å². The summed E-state index contributed by atoms with van der Waals surface area (Å²) in [4.78, 5) is 76.0. The quantitative estimate of drug-likeness (QED) is 0.0254. The molecule has 0 radical (unpaired) electrons. The van der Waals surface area contributed by atoms with Crippen LogP contribution in [0.4, 0.5) is 0 Å². The number of aliphatic carboxylic acids is 1. The number of hydrogen-bond acceptors (Lipinski definition) is 10. The number of nitrogens with two attached hydrogens (primary N) is 1. The molecule has 0 aliphatic carbocycles. The zero-order chi connectivity index (χ0) is 45.4. The van der Waals surface area contributed by atoms with E-state index < -0.39 is 54.5 Å². The molecule has 4 atom stereocenters. The van der Waals surface area contributed by atoms with Crippen LogP contribution in [0.15, 0.2) is 0 Å². The molecule has 14 heteroatoms. The van der Waals surface area contributed by atoms with E-state index in [0.717, 1.165) is 77.0 Å². The fourth-order valence-corrected chi connectivity index (χ4v) is 7.17. The summed E-state index contributed by atoms with van der Waals surface area (Å²) >= 11 is 0. The van der Waals surface area contributed by atoms with Gasteiger partial charge in [0, 0.05) is 19.4 Å². The number of unbranched alkanes of at least 4 members (excludes halogenated alkanes) is 18. The molecule has 0 saturated heterocycles. The maximum absolute atomic E-state index is 13.2. The maximum atomic E-state index is 13.2. The largest absolute Gasteiger partial charge is 0.481 e. The number of aliphatic hydroxyl groups excluding tert-OH is 1. The number of ether oxygens (including phenoxy) is 2. The molecule has 0 aromatic heterocycles. The van der Waals surface area contributed by atoms with Crippen molar-refractivity contribution in [1.82, 2.24) is 16.0 Å². The van der Waals surface area contributed by atoms with Crippen molar-refractivity contribution in [3.05, 3.63) is 0 Å². The summed E-state index contributed by atoms with van der Waals surface area (Å²) in [5, 5.41) is 28.2. The molecule has 0 aliphatic heterocycles. The summed E-state index contributed by atoms with van der Waals surface area (Å²) < 4.78 is 11.2. The van der Waals surface area contributed by atoms with Crippen molar-refractivity contribution >= 4 is 35.6 Å². The first-order valence-electron chi connectivity index (χ1n) is 24.3. The highest BCUT2D eigenvalue weighted by molar-refractivity contribution is 5.90. The van der Waals surface area contributed by atoms with Crippen LogP contribution in [0.3, 0.4) is 0 Å². The van der Waals surface area contributed by atoms with Gasteiger partial charge in [0.25, 0.3) is 0 Å². The summed E-state index contributed by atoms with van der Waals surface area (Å²) in [6, 6.07) is -1.93. The lowest BCUT2D eigenvalue weighted by atomic mass is 10.0. The molecule has 0 bridgehead atoms. The van der Waals surface area contributed by atoms with Crippen molar-refractivity contribution in [3.63, 3.8) is 0 Å². The number of aliphatic hydroxyl groups is 1. The highest BCUT2D eigenvalue weighted by Gasteiger charge is 2.26. The summed E-state index contributed by atoms with van der Waals surface area (Å²) in [5.74, 6) is -3.65. The minimum absolute atomic E-state index is 0.0777. The number of rotatable bonds is 43. The molecule has 0 unspecified atom stereocenters. The molecule has 3 amide bonds. The van der Waals surface area contributed by atoms with Crippen LogP contribution in [0.1, 0.15) is 220 Å². The van der Waals surface area contributed by atoms with Gasteiger partial charge in [-0.25, -0.2) is 0 Å². The number of carbonyl (C=O) groups excluding carboxylic acids is 5. The zero-order valence-electron chi connectivity index (χ0n) is 38.6. The lowest BCUT2D eigenvalue weighted by Crippen LogP contribution is -2.49. The van der Waals surface area contributed by atoms with Gasteiger partial charge in [0.05, 0.1) is 31.4 Å². The van der Waals surface area contributed by atoms with Gasteiger partial charge in [-0.05, 0) is 57.9 Å². The average Bonchev–Trinajstić information content (AvgIpc) is 3.21. The van der Waals surface area contributed by atoms with E-state index in [1.54, 1.807) is 0 Å². The molecule has 0 saturated carbocycles. The van der Waals surface area contributed by atoms with Crippen LogP contribution in [0, 0.1) is 0 Å². The van der Waals surface area contributed by atoms with E-state index in [1.807, 2.05) is 6.92 Å². The smallest absolute Gasteiger partial charge is 0.306 e. The van der Waals surface area contributed by atoms with E-state index in [2.05, 4.69) is 29.8 Å². The zero-order valence-corrected chi connectivity index (χ0v) is 38.6. The Labute approximate surface area is 368 Å². The standard InChI is InChI=1S/C47H88N4O10/c1-4-7-10-12-14-15-17-18-22-28-39(52)34-42(53)50-38(37-60-45(57)30-24-20-25-32-48)27-26-33-49-47(59)41(36-44(55)56)51-43(54)35-40(29-21-9-6-3)61-46(58)31-23-19-16-13-11-8-5-2/h38-41,52H,4-37,48H2,1-3H3,(H,49,59)(H,50,53)(H,51,54)(H,55,56)/t38-,39-,40-,41-/m1/s1. The van der Waals surface area contributed by atoms with Crippen molar-refractivity contribution in [2.45, 2.75) is 244 Å². The Hall–Kier alpha value is -3.26. The normalized spacial score (nSPS) is 13.1. The van der Waals surface area contributed by atoms with Crippen LogP contribution in [-0.2, 0) is 38.2 Å². The number of amides is 3. The molecular weight excluding hydrogens is 781 g/mol. The Morgan fingerprint density at radius 2 is 1.07 bits per heavy atom. The summed E-state index contributed by atoms with van der Waals surface area (Å²) in [7, 11) is 0. The fourth-order valence-electron chi connectivity index (χ4n) is 7.17. The summed E-state index contributed by atoms with van der Waals surface area (Å²) in [5.41, 5.74) is 5.54. The monoisotopic (exact) mass is 869 g/mol. The van der Waals surface area contributed by atoms with Crippen LogP contribution in [0.2, 0.25) is 0 Å². The number of carbonyl (C=O) groups is 6. The molecule has 356 valence electrons. The van der Waals surface area contributed by atoms with Crippen molar-refractivity contribution in [1.29, 1.82) is 0 Å². The van der Waals surface area contributed by atoms with Gasteiger partial charge in [-0.2, -0.15) is 0 Å². The molecule has 0 heterocycles. The van der Waals surface area contributed by atoms with E-state index in [0.29, 0.717) is 38.6 Å². The summed E-state index contributed by atoms with van der Waals surface area (Å²) in [6.07, 6.45) is 22.5. The third-order valence-electron chi connectivity index (χ3n) is 10.8. The van der Waals surface area contributed by atoms with Crippen LogP contribution < -0.4 is 21.7 Å². The second-order valence-corrected chi connectivity index (χ2v) is 16.9. The number of carboxylic acid groups (broad SMARTS) is 1. The molecule has 7 N–H and O–H groups in total. The lowest BCUT2D eigenvalue weighted by Gasteiger charge is -2.22. The van der Waals surface area contributed by atoms with E-state index in [9.17, 15) is 39.0 Å². The molecule has 0 aromatic carbocycles. The molecule has 0 spiro atoms. The lowest BCUT2D eigenvalue weighted by molar-refractivity contribution is -0.151. The first-order valence-corrected chi connectivity index (χ1v) is 24.3. The predicted molar refractivity (Wildman–Crippen MR) is 241 cm³/mol. The molecule has 0 rings (SSSR count). The number of carboxylic acids is 1. The number of nitrogens with one attached hydrogen (secondary N) is 3. The Bertz CT molecular complexity index is 1160. The molecule has 0 aromatic rings. The number of hydrogen-bond donors (Lipinski definition) is 6.